The molecule has 5 heteroatoms. The monoisotopic (exact) mass is 347 g/mol. The third-order valence-electron chi connectivity index (χ3n) is 4.72. The molecule has 0 spiro atoms. The van der Waals surface area contributed by atoms with Gasteiger partial charge in [0.25, 0.3) is 0 Å². The highest BCUT2D eigenvalue weighted by Crippen LogP contribution is 2.53. The lowest BCUT2D eigenvalue weighted by Gasteiger charge is -2.40. The first-order valence-electron chi connectivity index (χ1n) is 8.11. The van der Waals surface area contributed by atoms with Crippen molar-refractivity contribution in [2.24, 2.45) is 0 Å². The van der Waals surface area contributed by atoms with Gasteiger partial charge in [-0.2, -0.15) is 0 Å². The lowest BCUT2D eigenvalue weighted by Crippen LogP contribution is -2.35. The highest BCUT2D eigenvalue weighted by atomic mass is 16.5. The molecule has 1 aliphatic rings. The third kappa shape index (κ3) is 2.18. The predicted octanol–water partition coefficient (Wildman–Crippen LogP) is 3.83. The Morgan fingerprint density at radius 1 is 1.00 bits per heavy atom. The third-order valence-corrected chi connectivity index (χ3v) is 4.72. The number of aldehydes is 1. The molecular weight excluding hydrogens is 330 g/mol. The summed E-state index contributed by atoms with van der Waals surface area (Å²) in [6.45, 7) is 0. The number of phenols is 1. The molecule has 5 nitrogen and oxygen atoms in total. The first kappa shape index (κ1) is 16.2. The SMILES string of the molecule is COC1(c2ccc(N)cc2C=O)c2ccccc2Oc2cc(O)ccc21. The molecule has 0 saturated heterocycles. The van der Waals surface area contributed by atoms with E-state index >= 15 is 0 Å². The number of hydrogen-bond acceptors (Lipinski definition) is 5. The van der Waals surface area contributed by atoms with E-state index in [2.05, 4.69) is 0 Å². The van der Waals surface area contributed by atoms with Crippen molar-refractivity contribution in [2.45, 2.75) is 5.60 Å². The maximum absolute atomic E-state index is 11.8. The van der Waals surface area contributed by atoms with Crippen molar-refractivity contribution >= 4 is 12.0 Å². The van der Waals surface area contributed by atoms with Crippen molar-refractivity contribution in [2.75, 3.05) is 12.8 Å². The molecule has 4 rings (SSSR count). The highest BCUT2D eigenvalue weighted by molar-refractivity contribution is 5.82. The van der Waals surface area contributed by atoms with Crippen LogP contribution >= 0.6 is 0 Å². The fraction of sp³-hybridized carbons (Fsp3) is 0.0952. The van der Waals surface area contributed by atoms with Crippen LogP contribution in [0, 0.1) is 0 Å². The van der Waals surface area contributed by atoms with Crippen molar-refractivity contribution in [1.82, 2.24) is 0 Å². The Hall–Kier alpha value is -3.31. The molecule has 130 valence electrons. The second-order valence-corrected chi connectivity index (χ2v) is 6.13. The Morgan fingerprint density at radius 3 is 2.50 bits per heavy atom. The zero-order valence-electron chi connectivity index (χ0n) is 14.1. The molecule has 1 unspecified atom stereocenters. The van der Waals surface area contributed by atoms with Crippen LogP contribution in [0.4, 0.5) is 5.69 Å². The van der Waals surface area contributed by atoms with Crippen LogP contribution in [0.3, 0.4) is 0 Å². The molecule has 1 heterocycles. The van der Waals surface area contributed by atoms with Crippen LogP contribution in [-0.2, 0) is 10.3 Å². The van der Waals surface area contributed by atoms with Gasteiger partial charge in [0, 0.05) is 41.1 Å². The number of ether oxygens (including phenoxy) is 2. The van der Waals surface area contributed by atoms with Gasteiger partial charge in [0.1, 0.15) is 17.2 Å². The summed E-state index contributed by atoms with van der Waals surface area (Å²) in [6.07, 6.45) is 0.768. The van der Waals surface area contributed by atoms with Gasteiger partial charge in [-0.1, -0.05) is 24.3 Å². The van der Waals surface area contributed by atoms with Crippen LogP contribution in [0.2, 0.25) is 0 Å². The number of carbonyl (C=O) groups excluding carboxylic acids is 1. The molecule has 0 fully saturated rings. The molecule has 1 atom stereocenters. The van der Waals surface area contributed by atoms with Gasteiger partial charge in [0.15, 0.2) is 11.9 Å². The Bertz CT molecular complexity index is 1010. The molecule has 0 radical (unpaired) electrons. The molecule has 3 N–H and O–H groups in total. The van der Waals surface area contributed by atoms with E-state index in [0.717, 1.165) is 11.8 Å². The molecule has 0 aliphatic carbocycles. The lowest BCUT2D eigenvalue weighted by molar-refractivity contribution is 0.0491. The number of methoxy groups -OCH3 is 1. The fourth-order valence-corrected chi connectivity index (χ4v) is 3.62. The topological polar surface area (TPSA) is 81.8 Å². The van der Waals surface area contributed by atoms with Gasteiger partial charge >= 0.3 is 0 Å². The van der Waals surface area contributed by atoms with Gasteiger partial charge in [-0.3, -0.25) is 4.79 Å². The second-order valence-electron chi connectivity index (χ2n) is 6.13. The van der Waals surface area contributed by atoms with E-state index in [0.29, 0.717) is 33.9 Å². The van der Waals surface area contributed by atoms with Crippen LogP contribution in [0.25, 0.3) is 0 Å². The summed E-state index contributed by atoms with van der Waals surface area (Å²) < 4.78 is 12.1. The Kier molecular flexibility index (Phi) is 3.67. The van der Waals surface area contributed by atoms with Crippen molar-refractivity contribution in [3.63, 3.8) is 0 Å². The highest BCUT2D eigenvalue weighted by Gasteiger charge is 2.45. The largest absolute Gasteiger partial charge is 0.508 e. The van der Waals surface area contributed by atoms with Crippen LogP contribution in [-0.4, -0.2) is 18.5 Å². The van der Waals surface area contributed by atoms with E-state index in [1.807, 2.05) is 24.3 Å². The van der Waals surface area contributed by atoms with E-state index in [-0.39, 0.29) is 5.75 Å². The van der Waals surface area contributed by atoms with Crippen molar-refractivity contribution in [3.8, 4) is 17.2 Å². The average Bonchev–Trinajstić information content (AvgIpc) is 2.66. The Morgan fingerprint density at radius 2 is 1.73 bits per heavy atom. The number of phenolic OH excluding ortho intramolecular Hbond substituents is 1. The lowest BCUT2D eigenvalue weighted by atomic mass is 9.76. The van der Waals surface area contributed by atoms with Gasteiger partial charge in [0.05, 0.1) is 0 Å². The fourth-order valence-electron chi connectivity index (χ4n) is 3.62. The normalized spacial score (nSPS) is 17.7. The van der Waals surface area contributed by atoms with E-state index in [1.165, 1.54) is 6.07 Å². The number of rotatable bonds is 3. The molecule has 0 amide bonds. The summed E-state index contributed by atoms with van der Waals surface area (Å²) in [6, 6.07) is 17.5. The number of anilines is 1. The van der Waals surface area contributed by atoms with E-state index in [1.54, 1.807) is 37.4 Å². The van der Waals surface area contributed by atoms with Crippen LogP contribution in [0.5, 0.6) is 17.2 Å². The summed E-state index contributed by atoms with van der Waals surface area (Å²) >= 11 is 0. The van der Waals surface area contributed by atoms with Gasteiger partial charge < -0.3 is 20.3 Å². The van der Waals surface area contributed by atoms with Gasteiger partial charge in [0.2, 0.25) is 0 Å². The van der Waals surface area contributed by atoms with E-state index < -0.39 is 5.60 Å². The van der Waals surface area contributed by atoms with Crippen molar-refractivity contribution in [1.29, 1.82) is 0 Å². The predicted molar refractivity (Wildman–Crippen MR) is 97.8 cm³/mol. The standard InChI is InChI=1S/C21H17NO4/c1-25-21(16-8-6-14(22)10-13(16)12-23)17-4-2-3-5-19(17)26-20-11-15(24)7-9-18(20)21/h2-12,24H,22H2,1H3. The number of benzene rings is 3. The second kappa shape index (κ2) is 5.89. The van der Waals surface area contributed by atoms with Gasteiger partial charge in [-0.15, -0.1) is 0 Å². The molecule has 1 aliphatic heterocycles. The number of aromatic hydroxyl groups is 1. The molecule has 26 heavy (non-hydrogen) atoms. The van der Waals surface area contributed by atoms with Crippen LogP contribution in [0.1, 0.15) is 27.0 Å². The summed E-state index contributed by atoms with van der Waals surface area (Å²) in [5, 5.41) is 9.89. The number of para-hydroxylation sites is 1. The van der Waals surface area contributed by atoms with Crippen LogP contribution < -0.4 is 10.5 Å². The zero-order valence-corrected chi connectivity index (χ0v) is 14.1. The van der Waals surface area contributed by atoms with E-state index in [4.69, 9.17) is 15.2 Å². The summed E-state index contributed by atoms with van der Waals surface area (Å²) in [7, 11) is 1.59. The van der Waals surface area contributed by atoms with Crippen molar-refractivity contribution in [3.05, 3.63) is 82.9 Å². The Balaban J connectivity index is 2.12. The van der Waals surface area contributed by atoms with Gasteiger partial charge in [-0.25, -0.2) is 0 Å². The van der Waals surface area contributed by atoms with Crippen molar-refractivity contribution < 1.29 is 19.4 Å². The van der Waals surface area contributed by atoms with Crippen LogP contribution in [0.15, 0.2) is 60.7 Å². The maximum Gasteiger partial charge on any atom is 0.151 e. The summed E-state index contributed by atoms with van der Waals surface area (Å²) in [4.78, 5) is 11.8. The number of hydrogen-bond donors (Lipinski definition) is 2. The summed E-state index contributed by atoms with van der Waals surface area (Å²) in [5.41, 5.74) is 7.86. The molecule has 3 aromatic carbocycles. The molecule has 3 aromatic rings. The zero-order chi connectivity index (χ0) is 18.3. The number of nitrogen functional groups attached to an aromatic ring is 1. The summed E-state index contributed by atoms with van der Waals surface area (Å²) in [5.74, 6) is 1.15. The molecule has 0 bridgehead atoms. The minimum absolute atomic E-state index is 0.0843. The first-order chi connectivity index (χ1) is 12.6. The van der Waals surface area contributed by atoms with E-state index in [9.17, 15) is 9.90 Å². The first-order valence-corrected chi connectivity index (χ1v) is 8.11. The molecular formula is C21H17NO4. The number of fused-ring (bicyclic) bond motifs is 2. The average molecular weight is 347 g/mol. The minimum Gasteiger partial charge on any atom is -0.508 e. The molecule has 0 aromatic heterocycles. The maximum atomic E-state index is 11.8. The smallest absolute Gasteiger partial charge is 0.151 e. The van der Waals surface area contributed by atoms with Gasteiger partial charge in [-0.05, 0) is 30.3 Å². The quantitative estimate of drug-likeness (QED) is 0.556. The minimum atomic E-state index is -1.07. The Labute approximate surface area is 150 Å². The molecule has 0 saturated carbocycles. The number of carbonyl (C=O) groups is 1. The number of nitrogens with two attached hydrogens (primary N) is 1.